The summed E-state index contributed by atoms with van der Waals surface area (Å²) >= 11 is 0. The fourth-order valence-electron chi connectivity index (χ4n) is 0.237. The maximum absolute atomic E-state index is 9.54. The lowest BCUT2D eigenvalue weighted by atomic mass is 10.6. The van der Waals surface area contributed by atoms with E-state index in [2.05, 4.69) is 4.74 Å². The van der Waals surface area contributed by atoms with Crippen molar-refractivity contribution >= 4 is 6.29 Å². The second kappa shape index (κ2) is 4.70. The fourth-order valence-corrected chi connectivity index (χ4v) is 0.237. The van der Waals surface area contributed by atoms with E-state index in [0.29, 0.717) is 6.29 Å². The molecule has 0 saturated heterocycles. The van der Waals surface area contributed by atoms with E-state index in [1.807, 2.05) is 0 Å². The van der Waals surface area contributed by atoms with E-state index in [4.69, 9.17) is 10.8 Å². The van der Waals surface area contributed by atoms with E-state index in [1.54, 1.807) is 0 Å². The number of carbonyl (C=O) groups is 1. The minimum Gasteiger partial charge on any atom is -0.376 e. The number of rotatable bonds is 4. The number of aliphatic hydroxyl groups excluding tert-OH is 1. The van der Waals surface area contributed by atoms with Gasteiger partial charge in [0.15, 0.2) is 0 Å². The second-order valence-electron chi connectivity index (χ2n) is 1.27. The van der Waals surface area contributed by atoms with Crippen molar-refractivity contribution in [3.8, 4) is 0 Å². The van der Waals surface area contributed by atoms with Gasteiger partial charge in [0.2, 0.25) is 0 Å². The van der Waals surface area contributed by atoms with Crippen LogP contribution < -0.4 is 5.73 Å². The van der Waals surface area contributed by atoms with Crippen molar-refractivity contribution in [1.29, 1.82) is 0 Å². The van der Waals surface area contributed by atoms with Crippen LogP contribution in [0.3, 0.4) is 0 Å². The highest BCUT2D eigenvalue weighted by Gasteiger charge is 1.91. The molecule has 0 aromatic carbocycles. The molecule has 0 spiro atoms. The lowest BCUT2D eigenvalue weighted by Gasteiger charge is -2.00. The molecular formula is C4H9NO3. The zero-order valence-corrected chi connectivity index (χ0v) is 4.41. The summed E-state index contributed by atoms with van der Waals surface area (Å²) in [6, 6.07) is 0. The number of aliphatic hydroxyl groups is 1. The van der Waals surface area contributed by atoms with Crippen LogP contribution in [0, 0.1) is 0 Å². The van der Waals surface area contributed by atoms with Gasteiger partial charge in [-0.25, -0.2) is 0 Å². The van der Waals surface area contributed by atoms with Crippen LogP contribution in [-0.2, 0) is 9.53 Å². The maximum atomic E-state index is 9.54. The summed E-state index contributed by atoms with van der Waals surface area (Å²) in [5.74, 6) is 0. The molecule has 3 N–H and O–H groups in total. The van der Waals surface area contributed by atoms with Gasteiger partial charge in [-0.2, -0.15) is 0 Å². The van der Waals surface area contributed by atoms with Crippen LogP contribution in [0.25, 0.3) is 0 Å². The van der Waals surface area contributed by atoms with Crippen molar-refractivity contribution < 1.29 is 14.6 Å². The van der Waals surface area contributed by atoms with Crippen molar-refractivity contribution in [2.24, 2.45) is 5.73 Å². The van der Waals surface area contributed by atoms with E-state index in [9.17, 15) is 4.79 Å². The van der Waals surface area contributed by atoms with E-state index in [0.717, 1.165) is 0 Å². The minimum absolute atomic E-state index is 0.00569. The molecule has 0 radical (unpaired) electrons. The molecule has 0 aliphatic carbocycles. The Hall–Kier alpha value is -0.450. The lowest BCUT2D eigenvalue weighted by Crippen LogP contribution is -2.25. The Morgan fingerprint density at radius 2 is 2.50 bits per heavy atom. The first-order valence-electron chi connectivity index (χ1n) is 2.22. The van der Waals surface area contributed by atoms with Crippen LogP contribution >= 0.6 is 0 Å². The first kappa shape index (κ1) is 7.55. The molecule has 0 fully saturated rings. The molecule has 0 aromatic rings. The molecule has 0 saturated carbocycles. The molecule has 1 atom stereocenters. The van der Waals surface area contributed by atoms with Crippen molar-refractivity contribution in [2.75, 3.05) is 13.2 Å². The lowest BCUT2D eigenvalue weighted by molar-refractivity contribution is -0.112. The number of aldehydes is 1. The monoisotopic (exact) mass is 119 g/mol. The summed E-state index contributed by atoms with van der Waals surface area (Å²) < 4.78 is 4.50. The molecule has 4 heteroatoms. The molecule has 0 aliphatic rings. The summed E-state index contributed by atoms with van der Waals surface area (Å²) in [6.07, 6.45) is -0.377. The van der Waals surface area contributed by atoms with Gasteiger partial charge < -0.3 is 20.4 Å². The molecular weight excluding hydrogens is 110 g/mol. The molecule has 0 aromatic heterocycles. The van der Waals surface area contributed by atoms with Gasteiger partial charge in [-0.05, 0) is 0 Å². The fraction of sp³-hybridized carbons (Fsp3) is 0.750. The van der Waals surface area contributed by atoms with Gasteiger partial charge in [-0.3, -0.25) is 0 Å². The first-order valence-corrected chi connectivity index (χ1v) is 2.22. The van der Waals surface area contributed by atoms with Gasteiger partial charge in [-0.15, -0.1) is 0 Å². The van der Waals surface area contributed by atoms with Crippen molar-refractivity contribution in [3.63, 3.8) is 0 Å². The van der Waals surface area contributed by atoms with Crippen LogP contribution in [-0.4, -0.2) is 30.8 Å². The zero-order valence-electron chi connectivity index (χ0n) is 4.41. The zero-order chi connectivity index (χ0) is 6.41. The van der Waals surface area contributed by atoms with Crippen LogP contribution in [0.4, 0.5) is 0 Å². The van der Waals surface area contributed by atoms with Gasteiger partial charge in [-0.1, -0.05) is 0 Å². The van der Waals surface area contributed by atoms with Gasteiger partial charge >= 0.3 is 0 Å². The Bertz CT molecular complexity index is 64.3. The molecule has 8 heavy (non-hydrogen) atoms. The van der Waals surface area contributed by atoms with E-state index in [1.165, 1.54) is 0 Å². The Morgan fingerprint density at radius 1 is 1.88 bits per heavy atom. The number of carbonyl (C=O) groups excluding carboxylic acids is 1. The molecule has 0 heterocycles. The molecule has 0 rings (SSSR count). The summed E-state index contributed by atoms with van der Waals surface area (Å²) in [5, 5.41) is 8.32. The average molecular weight is 119 g/mol. The maximum Gasteiger partial charge on any atom is 0.145 e. The molecule has 0 amide bonds. The topological polar surface area (TPSA) is 72.6 Å². The van der Waals surface area contributed by atoms with Crippen LogP contribution in [0.15, 0.2) is 0 Å². The number of ether oxygens (including phenoxy) is 1. The molecule has 4 nitrogen and oxygen atoms in total. The third-order valence-corrected chi connectivity index (χ3v) is 0.475. The van der Waals surface area contributed by atoms with Gasteiger partial charge in [0, 0.05) is 0 Å². The van der Waals surface area contributed by atoms with E-state index in [-0.39, 0.29) is 13.2 Å². The highest BCUT2D eigenvalue weighted by Crippen LogP contribution is 1.72. The number of nitrogens with two attached hydrogens (primary N) is 1. The Labute approximate surface area is 47.2 Å². The molecule has 1 unspecified atom stereocenters. The third kappa shape index (κ3) is 5.55. The van der Waals surface area contributed by atoms with E-state index >= 15 is 0 Å². The van der Waals surface area contributed by atoms with Crippen molar-refractivity contribution in [1.82, 2.24) is 0 Å². The third-order valence-electron chi connectivity index (χ3n) is 0.475. The predicted octanol–water partition coefficient (Wildman–Crippen LogP) is -1.52. The Kier molecular flexibility index (Phi) is 4.44. The second-order valence-corrected chi connectivity index (χ2v) is 1.27. The van der Waals surface area contributed by atoms with Crippen molar-refractivity contribution in [3.05, 3.63) is 0 Å². The summed E-state index contributed by atoms with van der Waals surface area (Å²) in [4.78, 5) is 9.54. The largest absolute Gasteiger partial charge is 0.376 e. The summed E-state index contributed by atoms with van der Waals surface area (Å²) in [5.41, 5.74) is 4.85. The number of hydrogen-bond acceptors (Lipinski definition) is 4. The van der Waals surface area contributed by atoms with Gasteiger partial charge in [0.05, 0.1) is 6.61 Å². The summed E-state index contributed by atoms with van der Waals surface area (Å²) in [6.45, 7) is 0.00694. The van der Waals surface area contributed by atoms with Crippen LogP contribution in [0.2, 0.25) is 0 Å². The first-order chi connectivity index (χ1) is 3.77. The Balaban J connectivity index is 2.81. The average Bonchev–Trinajstić information content (AvgIpc) is 1.66. The summed E-state index contributed by atoms with van der Waals surface area (Å²) in [7, 11) is 0. The molecule has 0 bridgehead atoms. The van der Waals surface area contributed by atoms with Crippen molar-refractivity contribution in [2.45, 2.75) is 6.23 Å². The molecule has 48 valence electrons. The predicted molar refractivity (Wildman–Crippen MR) is 27.1 cm³/mol. The normalized spacial score (nSPS) is 13.2. The Morgan fingerprint density at radius 3 is 2.88 bits per heavy atom. The smallest absolute Gasteiger partial charge is 0.145 e. The van der Waals surface area contributed by atoms with Gasteiger partial charge in [0.25, 0.3) is 0 Å². The van der Waals surface area contributed by atoms with Gasteiger partial charge in [0.1, 0.15) is 19.1 Å². The number of hydrogen-bond donors (Lipinski definition) is 2. The highest BCUT2D eigenvalue weighted by atomic mass is 16.5. The van der Waals surface area contributed by atoms with Crippen LogP contribution in [0.1, 0.15) is 0 Å². The minimum atomic E-state index is -0.977. The standard InChI is InChI=1S/C4H9NO3/c5-4(7)3-8-2-1-6/h1,4,7H,2-3,5H2. The SMILES string of the molecule is NC(O)COCC=O. The van der Waals surface area contributed by atoms with Crippen LogP contribution in [0.5, 0.6) is 0 Å². The quantitative estimate of drug-likeness (QED) is 0.268. The van der Waals surface area contributed by atoms with E-state index < -0.39 is 6.23 Å². The molecule has 0 aliphatic heterocycles. The highest BCUT2D eigenvalue weighted by molar-refractivity contribution is 5.50.